The molecule has 0 aromatic heterocycles. The third-order valence-corrected chi connectivity index (χ3v) is 1.64. The first-order valence-corrected chi connectivity index (χ1v) is 4.72. The van der Waals surface area contributed by atoms with E-state index in [-0.39, 0.29) is 134 Å². The van der Waals surface area contributed by atoms with E-state index >= 15 is 0 Å². The van der Waals surface area contributed by atoms with Crippen LogP contribution in [0.25, 0.3) is 0 Å². The van der Waals surface area contributed by atoms with Crippen molar-refractivity contribution in [1.82, 2.24) is 0 Å². The maximum Gasteiger partial charge on any atom is 2.00 e. The Hall–Kier alpha value is 2.06. The van der Waals surface area contributed by atoms with E-state index in [1.807, 2.05) is 0 Å². The first kappa shape index (κ1) is 39.9. The van der Waals surface area contributed by atoms with Crippen molar-refractivity contribution in [2.75, 3.05) is 0 Å². The number of hydrogen-bond donors (Lipinski definition) is 6. The van der Waals surface area contributed by atoms with Gasteiger partial charge in [0.05, 0.1) is 12.8 Å². The van der Waals surface area contributed by atoms with Crippen molar-refractivity contribution in [2.45, 2.75) is 31.5 Å². The number of carboxylic acids is 4. The Bertz CT molecular complexity index is 380. The Morgan fingerprint density at radius 3 is 1.22 bits per heavy atom. The van der Waals surface area contributed by atoms with Crippen molar-refractivity contribution >= 4 is 61.6 Å². The van der Waals surface area contributed by atoms with Crippen molar-refractivity contribution in [3.05, 3.63) is 0 Å². The van der Waals surface area contributed by atoms with Gasteiger partial charge in [0.15, 0.2) is 5.60 Å². The Labute approximate surface area is 235 Å². The Morgan fingerprint density at radius 1 is 0.913 bits per heavy atom. The van der Waals surface area contributed by atoms with Gasteiger partial charge in [0, 0.05) is 0 Å². The SMILES string of the molecule is CC(O)C(=O)O.O=C(O)CC(O)(CC(=O)O)C(=O)O.[Ca+2].[H-].[H-].[H-].[H-].[H-].[Na+].[Na+].[Na+]. The predicted molar refractivity (Wildman–Crippen MR) is 67.7 cm³/mol. The Balaban J connectivity index is -0.0000000194. The van der Waals surface area contributed by atoms with Gasteiger partial charge in [0.2, 0.25) is 0 Å². The van der Waals surface area contributed by atoms with Gasteiger partial charge in [-0.2, -0.15) is 0 Å². The molecule has 6 N–H and O–H groups in total. The summed E-state index contributed by atoms with van der Waals surface area (Å²) in [7, 11) is 0. The Morgan fingerprint density at radius 2 is 1.13 bits per heavy atom. The molecule has 0 saturated carbocycles. The van der Waals surface area contributed by atoms with Crippen molar-refractivity contribution in [3.63, 3.8) is 0 Å². The minimum atomic E-state index is -2.74. The molecule has 0 fully saturated rings. The fraction of sp³-hybridized carbons (Fsp3) is 0.556. The zero-order valence-corrected chi connectivity index (χ0v) is 21.7. The molecular formula is C9H19CaNa3O10. The number of aliphatic hydroxyl groups excluding tert-OH is 1. The van der Waals surface area contributed by atoms with Gasteiger partial charge in [-0.05, 0) is 6.92 Å². The van der Waals surface area contributed by atoms with Gasteiger partial charge in [-0.1, -0.05) is 0 Å². The van der Waals surface area contributed by atoms with Gasteiger partial charge in [-0.15, -0.1) is 0 Å². The molecular weight excluding hydrogens is 377 g/mol. The molecule has 0 saturated heterocycles. The summed E-state index contributed by atoms with van der Waals surface area (Å²) in [4.78, 5) is 39.9. The van der Waals surface area contributed by atoms with E-state index in [9.17, 15) is 19.2 Å². The molecule has 0 rings (SSSR count). The zero-order valence-electron chi connectivity index (χ0n) is 18.5. The topological polar surface area (TPSA) is 190 Å². The van der Waals surface area contributed by atoms with Gasteiger partial charge < -0.3 is 37.8 Å². The first-order chi connectivity index (χ1) is 8.42. The van der Waals surface area contributed by atoms with Crippen molar-refractivity contribution < 1.29 is 146 Å². The summed E-state index contributed by atoms with van der Waals surface area (Å²) in [6.45, 7) is 1.20. The normalized spacial score (nSPS) is 9.70. The van der Waals surface area contributed by atoms with Gasteiger partial charge >= 0.3 is 150 Å². The molecule has 0 heterocycles. The standard InChI is InChI=1S/C6H8O7.C3H6O3.Ca.3Na.5H/c7-3(8)1-6(13,5(11)12)2-4(9)10;1-2(4)3(5)6;;;;;;;;;/h13H,1-2H2,(H,7,8)(H,9,10)(H,11,12);2,4H,1H3,(H,5,6);;;;;;;;;/q;;+2;3*+1;5*-1. The molecule has 1 atom stereocenters. The largest absolute Gasteiger partial charge is 2.00 e. The van der Waals surface area contributed by atoms with Crippen LogP contribution in [0.1, 0.15) is 26.9 Å². The van der Waals surface area contributed by atoms with E-state index in [1.54, 1.807) is 0 Å². The average Bonchev–Trinajstić information content (AvgIpc) is 2.14. The summed E-state index contributed by atoms with van der Waals surface area (Å²) in [5.74, 6) is -6.20. The average molecular weight is 396 g/mol. The van der Waals surface area contributed by atoms with Crippen molar-refractivity contribution in [3.8, 4) is 0 Å². The predicted octanol–water partition coefficient (Wildman–Crippen LogP) is -10.6. The van der Waals surface area contributed by atoms with E-state index in [2.05, 4.69) is 0 Å². The van der Waals surface area contributed by atoms with E-state index in [0.29, 0.717) is 0 Å². The molecule has 0 aromatic carbocycles. The minimum absolute atomic E-state index is 0. The monoisotopic (exact) mass is 396 g/mol. The van der Waals surface area contributed by atoms with Crippen LogP contribution in [0.3, 0.4) is 0 Å². The molecule has 0 radical (unpaired) electrons. The second kappa shape index (κ2) is 20.4. The first-order valence-electron chi connectivity index (χ1n) is 4.72. The summed E-state index contributed by atoms with van der Waals surface area (Å²) in [6, 6.07) is 0. The molecule has 120 valence electrons. The quantitative estimate of drug-likeness (QED) is 0.235. The molecule has 0 bridgehead atoms. The van der Waals surface area contributed by atoms with Crippen LogP contribution >= 0.6 is 0 Å². The molecule has 0 aromatic rings. The van der Waals surface area contributed by atoms with E-state index in [4.69, 9.17) is 30.6 Å². The van der Waals surface area contributed by atoms with Gasteiger partial charge in [-0.25, -0.2) is 9.59 Å². The van der Waals surface area contributed by atoms with Crippen molar-refractivity contribution in [2.24, 2.45) is 0 Å². The van der Waals surface area contributed by atoms with Gasteiger partial charge in [0.25, 0.3) is 0 Å². The van der Waals surface area contributed by atoms with Crippen LogP contribution in [-0.4, -0.2) is 104 Å². The van der Waals surface area contributed by atoms with Crippen LogP contribution in [-0.2, 0) is 19.2 Å². The molecule has 0 amide bonds. The number of rotatable bonds is 6. The van der Waals surface area contributed by atoms with Gasteiger partial charge in [-0.3, -0.25) is 9.59 Å². The van der Waals surface area contributed by atoms with Crippen LogP contribution in [0.15, 0.2) is 0 Å². The van der Waals surface area contributed by atoms with Crippen LogP contribution in [0.2, 0.25) is 0 Å². The van der Waals surface area contributed by atoms with Crippen molar-refractivity contribution in [1.29, 1.82) is 0 Å². The molecule has 0 aliphatic heterocycles. The Kier molecular flexibility index (Phi) is 35.4. The second-order valence-electron chi connectivity index (χ2n) is 3.49. The summed E-state index contributed by atoms with van der Waals surface area (Å²) < 4.78 is 0. The third-order valence-electron chi connectivity index (χ3n) is 1.64. The summed E-state index contributed by atoms with van der Waals surface area (Å²) in [5, 5.41) is 49.6. The van der Waals surface area contributed by atoms with E-state index < -0.39 is 48.4 Å². The second-order valence-corrected chi connectivity index (χ2v) is 3.49. The number of hydrogen-bond acceptors (Lipinski definition) is 6. The molecule has 1 unspecified atom stereocenters. The maximum absolute atomic E-state index is 10.3. The summed E-state index contributed by atoms with van der Waals surface area (Å²) in [6.07, 6.45) is -3.52. The van der Waals surface area contributed by atoms with Crippen LogP contribution in [0, 0.1) is 0 Å². The number of carbonyl (C=O) groups is 4. The maximum atomic E-state index is 10.3. The van der Waals surface area contributed by atoms with E-state index in [1.165, 1.54) is 6.92 Å². The number of aliphatic carboxylic acids is 4. The third kappa shape index (κ3) is 24.1. The molecule has 0 aliphatic rings. The fourth-order valence-electron chi connectivity index (χ4n) is 0.714. The molecule has 10 nitrogen and oxygen atoms in total. The molecule has 23 heavy (non-hydrogen) atoms. The smallest absolute Gasteiger partial charge is 1.00 e. The van der Waals surface area contributed by atoms with Crippen LogP contribution in [0.5, 0.6) is 0 Å². The van der Waals surface area contributed by atoms with E-state index in [0.717, 1.165) is 0 Å². The fourth-order valence-corrected chi connectivity index (χ4v) is 0.714. The zero-order chi connectivity index (χ0) is 15.8. The minimum Gasteiger partial charge on any atom is -1.00 e. The molecule has 0 aliphatic carbocycles. The summed E-state index contributed by atoms with van der Waals surface area (Å²) in [5.41, 5.74) is -2.74. The summed E-state index contributed by atoms with van der Waals surface area (Å²) >= 11 is 0. The molecule has 14 heteroatoms. The molecule has 0 spiro atoms. The van der Waals surface area contributed by atoms with Gasteiger partial charge in [0.1, 0.15) is 6.10 Å². The number of carboxylic acid groups (broad SMARTS) is 4. The van der Waals surface area contributed by atoms with Crippen LogP contribution < -0.4 is 88.7 Å². The van der Waals surface area contributed by atoms with Crippen LogP contribution in [0.4, 0.5) is 0 Å². The number of aliphatic hydroxyl groups is 2.